The zero-order valence-corrected chi connectivity index (χ0v) is 12.5. The van der Waals surface area contributed by atoms with Crippen molar-refractivity contribution in [3.05, 3.63) is 57.2 Å². The molecule has 0 saturated carbocycles. The van der Waals surface area contributed by atoms with Crippen molar-refractivity contribution in [2.75, 3.05) is 0 Å². The lowest BCUT2D eigenvalue weighted by molar-refractivity contribution is 0.291. The molecule has 0 aliphatic carbocycles. The van der Waals surface area contributed by atoms with Crippen molar-refractivity contribution in [1.29, 1.82) is 0 Å². The highest BCUT2D eigenvalue weighted by molar-refractivity contribution is 9.10. The average Bonchev–Trinajstić information content (AvgIpc) is 2.39. The SMILES string of the molecule is ClCc1cc(Br)cnc1OCc1ccccc1Cl. The van der Waals surface area contributed by atoms with E-state index in [1.54, 1.807) is 6.20 Å². The van der Waals surface area contributed by atoms with Gasteiger partial charge in [-0.15, -0.1) is 11.6 Å². The predicted molar refractivity (Wildman–Crippen MR) is 77.3 cm³/mol. The third kappa shape index (κ3) is 3.37. The Morgan fingerprint density at radius 1 is 1.22 bits per heavy atom. The molecule has 0 aliphatic heterocycles. The zero-order chi connectivity index (χ0) is 13.0. The third-order valence-corrected chi connectivity index (χ3v) is 3.45. The van der Waals surface area contributed by atoms with Crippen molar-refractivity contribution < 1.29 is 4.74 Å². The molecule has 0 saturated heterocycles. The molecule has 2 aromatic rings. The van der Waals surface area contributed by atoms with Crippen LogP contribution in [-0.4, -0.2) is 4.98 Å². The summed E-state index contributed by atoms with van der Waals surface area (Å²) in [7, 11) is 0. The molecule has 94 valence electrons. The second-order valence-electron chi connectivity index (χ2n) is 3.63. The largest absolute Gasteiger partial charge is 0.473 e. The fraction of sp³-hybridized carbons (Fsp3) is 0.154. The van der Waals surface area contributed by atoms with E-state index in [2.05, 4.69) is 20.9 Å². The van der Waals surface area contributed by atoms with E-state index in [-0.39, 0.29) is 0 Å². The molecule has 2 nitrogen and oxygen atoms in total. The van der Waals surface area contributed by atoms with Gasteiger partial charge in [0.2, 0.25) is 5.88 Å². The number of alkyl halides is 1. The Labute approximate surface area is 124 Å². The van der Waals surface area contributed by atoms with Crippen molar-refractivity contribution in [1.82, 2.24) is 4.98 Å². The number of rotatable bonds is 4. The summed E-state index contributed by atoms with van der Waals surface area (Å²) >= 11 is 15.3. The fourth-order valence-corrected chi connectivity index (χ4v) is 2.22. The highest BCUT2D eigenvalue weighted by Crippen LogP contribution is 2.23. The van der Waals surface area contributed by atoms with E-state index in [4.69, 9.17) is 27.9 Å². The quantitative estimate of drug-likeness (QED) is 0.741. The first-order valence-corrected chi connectivity index (χ1v) is 6.98. The van der Waals surface area contributed by atoms with Gasteiger partial charge in [-0.1, -0.05) is 29.8 Å². The molecular weight excluding hydrogens is 337 g/mol. The normalized spacial score (nSPS) is 10.4. The van der Waals surface area contributed by atoms with E-state index in [1.165, 1.54) is 0 Å². The molecule has 5 heteroatoms. The summed E-state index contributed by atoms with van der Waals surface area (Å²) in [4.78, 5) is 4.20. The summed E-state index contributed by atoms with van der Waals surface area (Å²) in [5.74, 6) is 0.887. The van der Waals surface area contributed by atoms with Crippen LogP contribution in [-0.2, 0) is 12.5 Å². The molecule has 1 aromatic heterocycles. The Hall–Kier alpha value is -0.770. The van der Waals surface area contributed by atoms with Crippen LogP contribution < -0.4 is 4.74 Å². The summed E-state index contributed by atoms with van der Waals surface area (Å²) in [6.07, 6.45) is 1.68. The molecule has 0 N–H and O–H groups in total. The van der Waals surface area contributed by atoms with E-state index in [9.17, 15) is 0 Å². The van der Waals surface area contributed by atoms with Crippen LogP contribution in [0.4, 0.5) is 0 Å². The molecule has 1 heterocycles. The van der Waals surface area contributed by atoms with E-state index in [1.807, 2.05) is 30.3 Å². The topological polar surface area (TPSA) is 22.1 Å². The van der Waals surface area contributed by atoms with Crippen molar-refractivity contribution in [2.24, 2.45) is 0 Å². The Balaban J connectivity index is 2.13. The highest BCUT2D eigenvalue weighted by atomic mass is 79.9. The molecule has 0 unspecified atom stereocenters. The molecule has 18 heavy (non-hydrogen) atoms. The van der Waals surface area contributed by atoms with Gasteiger partial charge in [-0.3, -0.25) is 0 Å². The Morgan fingerprint density at radius 2 is 2.00 bits per heavy atom. The van der Waals surface area contributed by atoms with Gasteiger partial charge in [-0.05, 0) is 28.1 Å². The van der Waals surface area contributed by atoms with Gasteiger partial charge in [-0.2, -0.15) is 0 Å². The number of ether oxygens (including phenoxy) is 1. The van der Waals surface area contributed by atoms with Crippen molar-refractivity contribution in [2.45, 2.75) is 12.5 Å². The minimum absolute atomic E-state index is 0.351. The van der Waals surface area contributed by atoms with Gasteiger partial charge < -0.3 is 4.74 Å². The number of pyridine rings is 1. The van der Waals surface area contributed by atoms with Gasteiger partial charge >= 0.3 is 0 Å². The smallest absolute Gasteiger partial charge is 0.218 e. The minimum atomic E-state index is 0.351. The molecule has 0 bridgehead atoms. The minimum Gasteiger partial charge on any atom is -0.473 e. The molecule has 0 amide bonds. The molecule has 2 rings (SSSR count). The van der Waals surface area contributed by atoms with Crippen LogP contribution in [0.2, 0.25) is 5.02 Å². The maximum absolute atomic E-state index is 6.06. The van der Waals surface area contributed by atoms with Crippen molar-refractivity contribution >= 4 is 39.1 Å². The van der Waals surface area contributed by atoms with E-state index >= 15 is 0 Å². The first-order valence-electron chi connectivity index (χ1n) is 5.27. The average molecular weight is 347 g/mol. The van der Waals surface area contributed by atoms with Crippen molar-refractivity contribution in [3.8, 4) is 5.88 Å². The Bertz CT molecular complexity index is 548. The van der Waals surface area contributed by atoms with Crippen LogP contribution in [0, 0.1) is 0 Å². The monoisotopic (exact) mass is 345 g/mol. The van der Waals surface area contributed by atoms with Crippen LogP contribution in [0.25, 0.3) is 0 Å². The number of hydrogen-bond acceptors (Lipinski definition) is 2. The third-order valence-electron chi connectivity index (χ3n) is 2.36. The maximum Gasteiger partial charge on any atom is 0.218 e. The number of hydrogen-bond donors (Lipinski definition) is 0. The molecule has 1 aromatic carbocycles. The highest BCUT2D eigenvalue weighted by Gasteiger charge is 2.07. The second kappa shape index (κ2) is 6.41. The first-order chi connectivity index (χ1) is 8.70. The number of halogens is 3. The lowest BCUT2D eigenvalue weighted by Gasteiger charge is -2.10. The van der Waals surface area contributed by atoms with E-state index in [0.29, 0.717) is 23.4 Å². The molecule has 0 fully saturated rings. The van der Waals surface area contributed by atoms with Gasteiger partial charge in [0, 0.05) is 26.8 Å². The Kier molecular flexibility index (Phi) is 4.87. The molecule has 0 atom stereocenters. The summed E-state index contributed by atoms with van der Waals surface area (Å²) in [6, 6.07) is 9.44. The van der Waals surface area contributed by atoms with Crippen LogP contribution in [0.5, 0.6) is 5.88 Å². The number of aromatic nitrogens is 1. The molecular formula is C13H10BrCl2NO. The number of nitrogens with zero attached hydrogens (tertiary/aromatic N) is 1. The lowest BCUT2D eigenvalue weighted by Crippen LogP contribution is -2.00. The van der Waals surface area contributed by atoms with Crippen molar-refractivity contribution in [3.63, 3.8) is 0 Å². The summed E-state index contributed by atoms with van der Waals surface area (Å²) < 4.78 is 6.53. The predicted octanol–water partition coefficient (Wildman–Crippen LogP) is 4.82. The van der Waals surface area contributed by atoms with Crippen LogP contribution >= 0.6 is 39.1 Å². The van der Waals surface area contributed by atoms with E-state index in [0.717, 1.165) is 15.6 Å². The summed E-state index contributed by atoms with van der Waals surface area (Å²) in [6.45, 7) is 0.373. The summed E-state index contributed by atoms with van der Waals surface area (Å²) in [5.41, 5.74) is 1.77. The molecule has 0 spiro atoms. The maximum atomic E-state index is 6.06. The summed E-state index contributed by atoms with van der Waals surface area (Å²) in [5, 5.41) is 0.682. The van der Waals surface area contributed by atoms with Crippen LogP contribution in [0.1, 0.15) is 11.1 Å². The standard InChI is InChI=1S/C13H10BrCl2NO/c14-11-5-10(6-15)13(17-7-11)18-8-9-3-1-2-4-12(9)16/h1-5,7H,6,8H2. The lowest BCUT2D eigenvalue weighted by atomic mass is 10.2. The fourth-order valence-electron chi connectivity index (χ4n) is 1.46. The van der Waals surface area contributed by atoms with Gasteiger partial charge in [0.15, 0.2) is 0 Å². The van der Waals surface area contributed by atoms with Gasteiger partial charge in [0.1, 0.15) is 6.61 Å². The second-order valence-corrected chi connectivity index (χ2v) is 5.22. The molecule has 0 radical (unpaired) electrons. The van der Waals surface area contributed by atoms with E-state index < -0.39 is 0 Å². The van der Waals surface area contributed by atoms with Gasteiger partial charge in [-0.25, -0.2) is 4.98 Å². The van der Waals surface area contributed by atoms with Crippen LogP contribution in [0.3, 0.4) is 0 Å². The molecule has 0 aliphatic rings. The van der Waals surface area contributed by atoms with Gasteiger partial charge in [0.05, 0.1) is 5.88 Å². The Morgan fingerprint density at radius 3 is 2.72 bits per heavy atom. The first kappa shape index (κ1) is 13.7. The van der Waals surface area contributed by atoms with Gasteiger partial charge in [0.25, 0.3) is 0 Å². The number of benzene rings is 1. The zero-order valence-electron chi connectivity index (χ0n) is 9.37. The van der Waals surface area contributed by atoms with Crippen LogP contribution in [0.15, 0.2) is 41.0 Å².